The van der Waals surface area contributed by atoms with Crippen LogP contribution in [0.1, 0.15) is 125 Å². The van der Waals surface area contributed by atoms with Crippen molar-refractivity contribution in [1.29, 1.82) is 0 Å². The molecule has 1 saturated carbocycles. The summed E-state index contributed by atoms with van der Waals surface area (Å²) in [6.07, 6.45) is -12.8. The molecule has 15 atom stereocenters. The summed E-state index contributed by atoms with van der Waals surface area (Å²) in [4.78, 5) is 103. The average Bonchev–Trinajstić information content (AvgIpc) is 0.823. The van der Waals surface area contributed by atoms with E-state index in [4.69, 9.17) is 66.3 Å². The Hall–Kier alpha value is -5.16. The third-order valence-corrected chi connectivity index (χ3v) is 18.7. The first kappa shape index (κ1) is 95.2. The third-order valence-electron chi connectivity index (χ3n) is 18.7. The monoisotopic (exact) mass is 1560 g/mol. The molecule has 39 heteroatoms. The highest BCUT2D eigenvalue weighted by Crippen LogP contribution is 2.38. The lowest BCUT2D eigenvalue weighted by atomic mass is 9.75. The lowest BCUT2D eigenvalue weighted by Gasteiger charge is -2.42. The average molecular weight is 1560 g/mol. The van der Waals surface area contributed by atoms with Crippen LogP contribution in [0, 0.1) is 11.8 Å². The van der Waals surface area contributed by atoms with Crippen molar-refractivity contribution in [2.45, 2.75) is 228 Å². The van der Waals surface area contributed by atoms with E-state index in [0.717, 1.165) is 25.7 Å². The van der Waals surface area contributed by atoms with Gasteiger partial charge in [-0.1, -0.05) is 13.8 Å². The minimum Gasteiger partial charge on any atom is -0.394 e. The molecule has 0 bridgehead atoms. The van der Waals surface area contributed by atoms with Crippen LogP contribution in [-0.2, 0) is 105 Å². The predicted molar refractivity (Wildman–Crippen MR) is 376 cm³/mol. The summed E-state index contributed by atoms with van der Waals surface area (Å²) in [6, 6.07) is -3.37. The van der Waals surface area contributed by atoms with Gasteiger partial charge in [0.1, 0.15) is 86.6 Å². The Morgan fingerprint density at radius 3 is 1.06 bits per heavy atom. The maximum Gasteiger partial charge on any atom is 0.221 e. The molecule has 0 aromatic rings. The van der Waals surface area contributed by atoms with Gasteiger partial charge in [-0.25, -0.2) is 0 Å². The number of hydrogen-bond donors (Lipinski definition) is 17. The van der Waals surface area contributed by atoms with Crippen LogP contribution in [0.25, 0.3) is 0 Å². The molecular weight excluding hydrogens is 1440 g/mol. The van der Waals surface area contributed by atoms with Gasteiger partial charge < -0.3 is 155 Å². The minimum absolute atomic E-state index is 0.0106. The van der Waals surface area contributed by atoms with E-state index in [-0.39, 0.29) is 202 Å². The van der Waals surface area contributed by atoms with Crippen LogP contribution in [0.3, 0.4) is 0 Å². The van der Waals surface area contributed by atoms with E-state index in [1.165, 1.54) is 20.8 Å². The number of aliphatic hydroxyl groups is 9. The van der Waals surface area contributed by atoms with Crippen molar-refractivity contribution in [2.75, 3.05) is 152 Å². The number of carbonyl (C=O) groups is 8. The first-order valence-electron chi connectivity index (χ1n) is 37.2. The number of hydrogen-bond acceptors (Lipinski definition) is 31. The highest BCUT2D eigenvalue weighted by atomic mass is 16.7. The third kappa shape index (κ3) is 36.5. The number of nitrogens with one attached hydrogen (secondary N) is 8. The summed E-state index contributed by atoms with van der Waals surface area (Å²) >= 11 is 0. The second kappa shape index (κ2) is 53.0. The lowest BCUT2D eigenvalue weighted by Crippen LogP contribution is -2.64. The Bertz CT molecular complexity index is 2380. The Balaban J connectivity index is 1.33. The van der Waals surface area contributed by atoms with Crippen molar-refractivity contribution >= 4 is 47.3 Å². The van der Waals surface area contributed by atoms with Gasteiger partial charge in [-0.2, -0.15) is 0 Å². The normalized spacial score (nSPS) is 27.7. The minimum atomic E-state index is -1.48. The number of rotatable bonds is 56. The fraction of sp³-hybridized carbons (Fsp3) is 0.884. The van der Waals surface area contributed by atoms with Gasteiger partial charge >= 0.3 is 0 Å². The molecule has 0 aromatic carbocycles. The largest absolute Gasteiger partial charge is 0.394 e. The van der Waals surface area contributed by atoms with Crippen molar-refractivity contribution < 1.29 is 151 Å². The summed E-state index contributed by atoms with van der Waals surface area (Å²) < 4.78 is 78.9. The van der Waals surface area contributed by atoms with E-state index < -0.39 is 159 Å². The molecule has 4 fully saturated rings. The van der Waals surface area contributed by atoms with Crippen LogP contribution < -0.4 is 42.5 Å². The quantitative estimate of drug-likeness (QED) is 0.0199. The second-order valence-corrected chi connectivity index (χ2v) is 27.6. The Morgan fingerprint density at radius 2 is 0.741 bits per heavy atom. The summed E-state index contributed by atoms with van der Waals surface area (Å²) in [5, 5.41) is 113. The molecule has 626 valence electrons. The van der Waals surface area contributed by atoms with Crippen LogP contribution in [0.15, 0.2) is 0 Å². The van der Waals surface area contributed by atoms with Crippen LogP contribution in [0.2, 0.25) is 0 Å². The predicted octanol–water partition coefficient (Wildman–Crippen LogP) is -5.65. The van der Waals surface area contributed by atoms with E-state index in [1.54, 1.807) is 0 Å². The van der Waals surface area contributed by atoms with Gasteiger partial charge in [-0.05, 0) is 70.1 Å². The molecule has 4 rings (SSSR count). The fourth-order valence-corrected chi connectivity index (χ4v) is 12.4. The van der Waals surface area contributed by atoms with E-state index in [0.29, 0.717) is 11.8 Å². The smallest absolute Gasteiger partial charge is 0.221 e. The van der Waals surface area contributed by atoms with Crippen LogP contribution >= 0.6 is 0 Å². The van der Waals surface area contributed by atoms with E-state index in [1.807, 2.05) is 0 Å². The van der Waals surface area contributed by atoms with E-state index in [9.17, 15) is 84.3 Å². The molecule has 0 aromatic heterocycles. The number of amides is 8. The fourth-order valence-electron chi connectivity index (χ4n) is 12.4. The number of aliphatic hydroxyl groups excluding tert-OH is 9. The van der Waals surface area contributed by atoms with Crippen LogP contribution in [-0.4, -0.2) is 348 Å². The van der Waals surface area contributed by atoms with Crippen molar-refractivity contribution in [3.8, 4) is 0 Å². The van der Waals surface area contributed by atoms with Gasteiger partial charge in [0, 0.05) is 78.0 Å². The second-order valence-electron chi connectivity index (χ2n) is 27.6. The number of ether oxygens (including phenoxy) is 14. The topological polar surface area (TPSA) is 544 Å². The highest BCUT2D eigenvalue weighted by molar-refractivity contribution is 5.81. The van der Waals surface area contributed by atoms with Gasteiger partial charge in [0.25, 0.3) is 0 Å². The van der Waals surface area contributed by atoms with E-state index >= 15 is 0 Å². The SMILES string of the molecule is CC(=O)NC1C(OCCOCCOCCNC(=O)CCC(CCC(=O)NCCOCCOCCOC2OC(CO)C(O)C(O)C2NC(C)=O)(CCC(=O)NCCOCCOCCOC2OC(CO)C(O)C(O)C2NC(C)=O)NC(=O)CCCC(=O)NCOCOC2(C)CCC(C(C)C)CC2)OC(CO)C(O)C1O. The molecule has 39 nitrogen and oxygen atoms in total. The summed E-state index contributed by atoms with van der Waals surface area (Å²) in [7, 11) is 0. The Kier molecular flexibility index (Phi) is 46.7. The van der Waals surface area contributed by atoms with Gasteiger partial charge in [-0.15, -0.1) is 0 Å². The molecular formula is C69H124N8O31. The Labute approximate surface area is 630 Å². The molecule has 17 N–H and O–H groups in total. The maximum atomic E-state index is 14.1. The van der Waals surface area contributed by atoms with Crippen LogP contribution in [0.5, 0.6) is 0 Å². The summed E-state index contributed by atoms with van der Waals surface area (Å²) in [6.45, 7) is 9.10. The highest BCUT2D eigenvalue weighted by Gasteiger charge is 2.48. The molecule has 3 saturated heterocycles. The zero-order valence-electron chi connectivity index (χ0n) is 63.3. The van der Waals surface area contributed by atoms with Gasteiger partial charge in [-0.3, -0.25) is 38.4 Å². The van der Waals surface area contributed by atoms with Crippen molar-refractivity contribution in [3.05, 3.63) is 0 Å². The van der Waals surface area contributed by atoms with Gasteiger partial charge in [0.05, 0.1) is 125 Å². The number of carbonyl (C=O) groups excluding carboxylic acids is 8. The zero-order valence-corrected chi connectivity index (χ0v) is 63.3. The van der Waals surface area contributed by atoms with E-state index in [2.05, 4.69) is 63.3 Å². The zero-order chi connectivity index (χ0) is 79.4. The molecule has 15 unspecified atom stereocenters. The molecule has 0 spiro atoms. The molecule has 4 aliphatic rings. The summed E-state index contributed by atoms with van der Waals surface area (Å²) in [5.41, 5.74) is -1.67. The molecule has 3 heterocycles. The van der Waals surface area contributed by atoms with Crippen molar-refractivity contribution in [2.24, 2.45) is 11.8 Å². The Morgan fingerprint density at radius 1 is 0.426 bits per heavy atom. The van der Waals surface area contributed by atoms with Crippen molar-refractivity contribution in [3.63, 3.8) is 0 Å². The van der Waals surface area contributed by atoms with Gasteiger partial charge in [0.15, 0.2) is 18.9 Å². The molecule has 8 amide bonds. The first-order chi connectivity index (χ1) is 51.6. The standard InChI is InChI=1S/C69H124N8O31/c1-43(2)47-10-15-68(6,16-11-47)105-42-101-41-73-51(84)8-7-9-55(88)77-69(17-12-52(85)70-20-23-95-26-29-98-32-35-102-65-56(74-44(3)81)62(92)59(89)48(38-78)106-65,18-13-53(86)71-21-24-96-27-30-99-33-36-103-66-57(75-45(4)82)63(93)60(90)49(39-79)107-66)19-14-54(87)72-22-25-97-28-31-100-34-37-104-67-58(76-46(5)83)64(94)61(91)50(40-80)108-67/h43,47-50,56-67,78-80,89-94H,7-42H2,1-6H3,(H,70,85)(H,71,86)(H,72,87)(H,73,84)(H,74,81)(H,75,82)(H,76,83)(H,77,88). The van der Waals surface area contributed by atoms with Gasteiger partial charge in [0.2, 0.25) is 47.3 Å². The lowest BCUT2D eigenvalue weighted by molar-refractivity contribution is -0.272. The maximum absolute atomic E-state index is 14.1. The molecule has 0 radical (unpaired) electrons. The molecule has 108 heavy (non-hydrogen) atoms. The van der Waals surface area contributed by atoms with Crippen LogP contribution in [0.4, 0.5) is 0 Å². The molecule has 1 aliphatic carbocycles. The van der Waals surface area contributed by atoms with Crippen molar-refractivity contribution in [1.82, 2.24) is 42.5 Å². The summed E-state index contributed by atoms with van der Waals surface area (Å²) in [5.74, 6) is -2.50. The first-order valence-corrected chi connectivity index (χ1v) is 37.2. The molecule has 3 aliphatic heterocycles.